The summed E-state index contributed by atoms with van der Waals surface area (Å²) in [5.74, 6) is -0.0343. The van der Waals surface area contributed by atoms with Crippen LogP contribution in [0.5, 0.6) is 0 Å². The normalized spacial score (nSPS) is 11.1. The van der Waals surface area contributed by atoms with E-state index in [1.807, 2.05) is 48.9 Å². The van der Waals surface area contributed by atoms with Crippen molar-refractivity contribution in [2.75, 3.05) is 5.32 Å². The smallest absolute Gasteiger partial charge is 0.224 e. The van der Waals surface area contributed by atoms with Gasteiger partial charge in [0.2, 0.25) is 5.91 Å². The number of hydrogen-bond acceptors (Lipinski definition) is 3. The fourth-order valence-corrected chi connectivity index (χ4v) is 3.94. The van der Waals surface area contributed by atoms with Crippen LogP contribution in [-0.2, 0) is 11.2 Å². The van der Waals surface area contributed by atoms with Crippen molar-refractivity contribution in [1.29, 1.82) is 0 Å². The summed E-state index contributed by atoms with van der Waals surface area (Å²) in [6.45, 7) is 6.09. The van der Waals surface area contributed by atoms with Crippen LogP contribution in [0.2, 0.25) is 5.02 Å². The van der Waals surface area contributed by atoms with Gasteiger partial charge >= 0.3 is 0 Å². The van der Waals surface area contributed by atoms with Crippen molar-refractivity contribution < 1.29 is 4.79 Å². The number of nitrogens with one attached hydrogen (secondary N) is 1. The molecule has 0 bridgehead atoms. The summed E-state index contributed by atoms with van der Waals surface area (Å²) in [4.78, 5) is 17.3. The number of hydrogen-bond donors (Lipinski definition) is 1. The molecule has 30 heavy (non-hydrogen) atoms. The Morgan fingerprint density at radius 1 is 1.00 bits per heavy atom. The Morgan fingerprint density at radius 2 is 1.70 bits per heavy atom. The molecule has 0 saturated heterocycles. The highest BCUT2D eigenvalue weighted by molar-refractivity contribution is 6.30. The highest BCUT2D eigenvalue weighted by atomic mass is 35.5. The Kier molecular flexibility index (Phi) is 5.55. The van der Waals surface area contributed by atoms with Gasteiger partial charge in [-0.3, -0.25) is 4.79 Å². The van der Waals surface area contributed by atoms with Crippen molar-refractivity contribution >= 4 is 34.2 Å². The Labute approximate surface area is 180 Å². The Balaban J connectivity index is 1.60. The molecule has 6 heteroatoms. The van der Waals surface area contributed by atoms with Crippen LogP contribution in [0.4, 0.5) is 5.69 Å². The van der Waals surface area contributed by atoms with Gasteiger partial charge in [-0.25, -0.2) is 9.67 Å². The van der Waals surface area contributed by atoms with Gasteiger partial charge in [0.15, 0.2) is 5.65 Å². The summed E-state index contributed by atoms with van der Waals surface area (Å²) in [6, 6.07) is 17.1. The first-order chi connectivity index (χ1) is 14.4. The molecule has 0 aliphatic carbocycles. The van der Waals surface area contributed by atoms with Crippen LogP contribution in [0, 0.1) is 20.8 Å². The fraction of sp³-hybridized carbons (Fsp3) is 0.208. The third-order valence-electron chi connectivity index (χ3n) is 5.30. The zero-order valence-corrected chi connectivity index (χ0v) is 18.0. The quantitative estimate of drug-likeness (QED) is 0.460. The molecule has 1 N–H and O–H groups in total. The third kappa shape index (κ3) is 3.94. The average Bonchev–Trinajstić information content (AvgIpc) is 3.06. The van der Waals surface area contributed by atoms with E-state index in [1.165, 1.54) is 0 Å². The lowest BCUT2D eigenvalue weighted by molar-refractivity contribution is -0.116. The van der Waals surface area contributed by atoms with E-state index in [0.717, 1.165) is 44.9 Å². The van der Waals surface area contributed by atoms with Crippen LogP contribution in [0.3, 0.4) is 0 Å². The maximum absolute atomic E-state index is 12.4. The van der Waals surface area contributed by atoms with Gasteiger partial charge in [0.1, 0.15) is 0 Å². The Bertz CT molecular complexity index is 1210. The number of fused-ring (bicyclic) bond motifs is 1. The monoisotopic (exact) mass is 418 g/mol. The lowest BCUT2D eigenvalue weighted by Crippen LogP contribution is -2.13. The molecular formula is C24H23ClN4O. The number of anilines is 1. The van der Waals surface area contributed by atoms with Crippen LogP contribution < -0.4 is 5.32 Å². The first kappa shape index (κ1) is 20.1. The standard InChI is InChI=1S/C24H23ClN4O/c1-15-21(13-14-22(30)27-19-11-9-18(25)10-12-19)16(2)26-24-23(15)17(3)28-29(24)20-7-5-4-6-8-20/h4-12H,13-14H2,1-3H3,(H,27,30). The van der Waals surface area contributed by atoms with E-state index in [-0.39, 0.29) is 5.91 Å². The molecule has 0 radical (unpaired) electrons. The summed E-state index contributed by atoms with van der Waals surface area (Å²) >= 11 is 5.90. The summed E-state index contributed by atoms with van der Waals surface area (Å²) in [5, 5.41) is 9.34. The van der Waals surface area contributed by atoms with Crippen molar-refractivity contribution in [2.24, 2.45) is 0 Å². The van der Waals surface area contributed by atoms with Gasteiger partial charge in [-0.15, -0.1) is 0 Å². The number of nitrogens with zero attached hydrogens (tertiary/aromatic N) is 3. The minimum absolute atomic E-state index is 0.0343. The summed E-state index contributed by atoms with van der Waals surface area (Å²) in [7, 11) is 0. The van der Waals surface area contributed by atoms with Crippen LogP contribution in [0.15, 0.2) is 54.6 Å². The number of para-hydroxylation sites is 1. The molecule has 0 unspecified atom stereocenters. The molecule has 0 spiro atoms. The predicted molar refractivity (Wildman–Crippen MR) is 121 cm³/mol. The molecule has 4 aromatic rings. The van der Waals surface area contributed by atoms with E-state index in [1.54, 1.807) is 24.3 Å². The highest BCUT2D eigenvalue weighted by Crippen LogP contribution is 2.28. The predicted octanol–water partition coefficient (Wildman–Crippen LogP) is 5.57. The number of aromatic nitrogens is 3. The van der Waals surface area contributed by atoms with Crippen molar-refractivity contribution in [3.8, 4) is 5.69 Å². The maximum Gasteiger partial charge on any atom is 0.224 e. The summed E-state index contributed by atoms with van der Waals surface area (Å²) in [5.41, 5.74) is 6.68. The van der Waals surface area contributed by atoms with Crippen molar-refractivity contribution in [2.45, 2.75) is 33.6 Å². The van der Waals surface area contributed by atoms with Crippen molar-refractivity contribution in [3.05, 3.63) is 82.1 Å². The topological polar surface area (TPSA) is 59.8 Å². The highest BCUT2D eigenvalue weighted by Gasteiger charge is 2.18. The number of benzene rings is 2. The SMILES string of the molecule is Cc1nc2c(c(C)nn2-c2ccccc2)c(C)c1CCC(=O)Nc1ccc(Cl)cc1. The second kappa shape index (κ2) is 8.28. The second-order valence-electron chi connectivity index (χ2n) is 7.39. The van der Waals surface area contributed by atoms with Crippen LogP contribution in [0.1, 0.15) is 28.9 Å². The molecule has 0 aliphatic heterocycles. The van der Waals surface area contributed by atoms with E-state index in [4.69, 9.17) is 21.7 Å². The molecule has 0 aliphatic rings. The molecule has 2 aromatic carbocycles. The van der Waals surface area contributed by atoms with Crippen LogP contribution >= 0.6 is 11.6 Å². The molecule has 5 nitrogen and oxygen atoms in total. The zero-order chi connectivity index (χ0) is 21.3. The number of amides is 1. The second-order valence-corrected chi connectivity index (χ2v) is 7.82. The number of rotatable bonds is 5. The fourth-order valence-electron chi connectivity index (χ4n) is 3.82. The van der Waals surface area contributed by atoms with Gasteiger partial charge < -0.3 is 5.32 Å². The molecule has 0 saturated carbocycles. The van der Waals surface area contributed by atoms with Gasteiger partial charge in [-0.1, -0.05) is 29.8 Å². The van der Waals surface area contributed by atoms with Gasteiger partial charge in [-0.05, 0) is 74.7 Å². The summed E-state index contributed by atoms with van der Waals surface area (Å²) in [6.07, 6.45) is 0.999. The number of carbonyl (C=O) groups is 1. The average molecular weight is 419 g/mol. The molecular weight excluding hydrogens is 396 g/mol. The minimum Gasteiger partial charge on any atom is -0.326 e. The molecule has 4 rings (SSSR count). The van der Waals surface area contributed by atoms with Crippen LogP contribution in [0.25, 0.3) is 16.7 Å². The van der Waals surface area contributed by atoms with Crippen LogP contribution in [-0.4, -0.2) is 20.7 Å². The first-order valence-electron chi connectivity index (χ1n) is 9.90. The molecule has 1 amide bonds. The Hall–Kier alpha value is -3.18. The van der Waals surface area contributed by atoms with Crippen molar-refractivity contribution in [3.63, 3.8) is 0 Å². The number of pyridine rings is 1. The van der Waals surface area contributed by atoms with Gasteiger partial charge in [0.05, 0.1) is 11.4 Å². The van der Waals surface area contributed by atoms with E-state index >= 15 is 0 Å². The molecule has 2 aromatic heterocycles. The van der Waals surface area contributed by atoms with E-state index in [0.29, 0.717) is 17.9 Å². The summed E-state index contributed by atoms with van der Waals surface area (Å²) < 4.78 is 1.89. The number of aryl methyl sites for hydroxylation is 3. The van der Waals surface area contributed by atoms with E-state index in [9.17, 15) is 4.79 Å². The van der Waals surface area contributed by atoms with E-state index < -0.39 is 0 Å². The van der Waals surface area contributed by atoms with Crippen molar-refractivity contribution in [1.82, 2.24) is 14.8 Å². The maximum atomic E-state index is 12.4. The first-order valence-corrected chi connectivity index (χ1v) is 10.3. The van der Waals surface area contributed by atoms with E-state index in [2.05, 4.69) is 12.2 Å². The third-order valence-corrected chi connectivity index (χ3v) is 5.56. The molecule has 0 atom stereocenters. The Morgan fingerprint density at radius 3 is 2.40 bits per heavy atom. The lowest BCUT2D eigenvalue weighted by atomic mass is 9.99. The molecule has 0 fully saturated rings. The van der Waals surface area contributed by atoms with Gasteiger partial charge in [0.25, 0.3) is 0 Å². The number of halogens is 1. The molecule has 152 valence electrons. The zero-order valence-electron chi connectivity index (χ0n) is 17.2. The number of carbonyl (C=O) groups excluding carboxylic acids is 1. The minimum atomic E-state index is -0.0343. The lowest BCUT2D eigenvalue weighted by Gasteiger charge is -2.12. The van der Waals surface area contributed by atoms with Gasteiger partial charge in [-0.2, -0.15) is 5.10 Å². The largest absolute Gasteiger partial charge is 0.326 e. The molecule has 2 heterocycles. The van der Waals surface area contributed by atoms with Gasteiger partial charge in [0, 0.05) is 28.2 Å².